The third-order valence-electron chi connectivity index (χ3n) is 5.16. The number of aliphatic hydroxyl groups is 2. The zero-order chi connectivity index (χ0) is 23.0. The summed E-state index contributed by atoms with van der Waals surface area (Å²) in [7, 11) is 0. The van der Waals surface area contributed by atoms with Gasteiger partial charge in [-0.05, 0) is 30.5 Å². The Balaban J connectivity index is 1.77. The largest absolute Gasteiger partial charge is 0.394 e. The van der Waals surface area contributed by atoms with Crippen molar-refractivity contribution in [1.29, 1.82) is 0 Å². The third-order valence-corrected chi connectivity index (χ3v) is 5.48. The van der Waals surface area contributed by atoms with Crippen LogP contribution in [0, 0.1) is 0 Å². The van der Waals surface area contributed by atoms with E-state index in [1.807, 2.05) is 0 Å². The van der Waals surface area contributed by atoms with E-state index in [-0.39, 0.29) is 28.3 Å². The Kier molecular flexibility index (Phi) is 5.83. The van der Waals surface area contributed by atoms with Gasteiger partial charge in [-0.25, -0.2) is 9.50 Å². The van der Waals surface area contributed by atoms with Gasteiger partial charge in [-0.2, -0.15) is 0 Å². The van der Waals surface area contributed by atoms with Crippen LogP contribution in [0.1, 0.15) is 29.0 Å². The van der Waals surface area contributed by atoms with Gasteiger partial charge in [-0.1, -0.05) is 23.7 Å². The average Bonchev–Trinajstić information content (AvgIpc) is 3.10. The lowest BCUT2D eigenvalue weighted by Gasteiger charge is -2.22. The normalized spacial score (nSPS) is 13.4. The van der Waals surface area contributed by atoms with E-state index in [9.17, 15) is 19.8 Å². The quantitative estimate of drug-likeness (QED) is 0.340. The molecule has 1 aromatic carbocycles. The van der Waals surface area contributed by atoms with E-state index in [1.54, 1.807) is 43.5 Å². The summed E-state index contributed by atoms with van der Waals surface area (Å²) < 4.78 is 2.71. The number of pyridine rings is 1. The zero-order valence-electron chi connectivity index (χ0n) is 17.1. The average molecular weight is 457 g/mol. The highest BCUT2D eigenvalue weighted by Gasteiger charge is 2.24. The molecule has 0 fully saturated rings. The van der Waals surface area contributed by atoms with Crippen LogP contribution in [0.2, 0.25) is 5.02 Å². The van der Waals surface area contributed by atoms with Crippen molar-refractivity contribution in [3.8, 4) is 0 Å². The number of carbonyl (C=O) groups excluding carboxylic acids is 1. The Morgan fingerprint density at radius 1 is 1.34 bits per heavy atom. The molecule has 5 N–H and O–H groups in total. The van der Waals surface area contributed by atoms with Gasteiger partial charge in [0.05, 0.1) is 35.7 Å². The Hall–Kier alpha value is -3.47. The van der Waals surface area contributed by atoms with Gasteiger partial charge in [-0.3, -0.25) is 9.59 Å². The minimum absolute atomic E-state index is 0.0202. The number of aromatic nitrogens is 4. The molecule has 11 heteroatoms. The van der Waals surface area contributed by atoms with Gasteiger partial charge in [0.25, 0.3) is 11.5 Å². The first-order valence-electron chi connectivity index (χ1n) is 9.82. The second-order valence-electron chi connectivity index (χ2n) is 7.37. The number of halogens is 1. The van der Waals surface area contributed by atoms with Crippen molar-refractivity contribution in [1.82, 2.24) is 24.5 Å². The predicted molar refractivity (Wildman–Crippen MR) is 120 cm³/mol. The standard InChI is InChI=1S/C21H21ClN6O4/c1-11(25-20(31)17-18(23)26-28-7-3-6-24-19(17)28)15-8-12-4-2-5-14(22)16(12)21(32)27(15)9-13(30)10-29/h2-8,11,13,29-30H,9-10H2,1H3,(H2,23,26)(H,25,31)/t11-,13?/m0/s1. The predicted octanol–water partition coefficient (Wildman–Crippen LogP) is 1.12. The summed E-state index contributed by atoms with van der Waals surface area (Å²) in [5, 5.41) is 27.4. The molecule has 0 aliphatic carbocycles. The van der Waals surface area contributed by atoms with Crippen LogP contribution in [0.3, 0.4) is 0 Å². The van der Waals surface area contributed by atoms with Gasteiger partial charge in [0.1, 0.15) is 5.56 Å². The number of hydrogen-bond donors (Lipinski definition) is 4. The van der Waals surface area contributed by atoms with E-state index < -0.39 is 30.2 Å². The lowest BCUT2D eigenvalue weighted by atomic mass is 10.1. The molecule has 0 bridgehead atoms. The molecule has 1 unspecified atom stereocenters. The lowest BCUT2D eigenvalue weighted by Crippen LogP contribution is -2.36. The first-order chi connectivity index (χ1) is 15.3. The number of fused-ring (bicyclic) bond motifs is 2. The lowest BCUT2D eigenvalue weighted by molar-refractivity contribution is 0.0791. The highest BCUT2D eigenvalue weighted by Crippen LogP contribution is 2.24. The van der Waals surface area contributed by atoms with E-state index in [0.717, 1.165) is 0 Å². The van der Waals surface area contributed by atoms with Crippen LogP contribution in [0.15, 0.2) is 47.5 Å². The summed E-state index contributed by atoms with van der Waals surface area (Å²) in [4.78, 5) is 30.4. The summed E-state index contributed by atoms with van der Waals surface area (Å²) in [6.07, 6.45) is 1.98. The number of nitrogens with zero attached hydrogens (tertiary/aromatic N) is 4. The highest BCUT2D eigenvalue weighted by molar-refractivity contribution is 6.35. The monoisotopic (exact) mass is 456 g/mol. The van der Waals surface area contributed by atoms with Gasteiger partial charge in [0, 0.05) is 18.1 Å². The van der Waals surface area contributed by atoms with Crippen molar-refractivity contribution >= 4 is 39.7 Å². The summed E-state index contributed by atoms with van der Waals surface area (Å²) in [6, 6.07) is 7.77. The van der Waals surface area contributed by atoms with Crippen molar-refractivity contribution < 1.29 is 15.0 Å². The molecule has 3 heterocycles. The summed E-state index contributed by atoms with van der Waals surface area (Å²) in [6.45, 7) is 0.991. The Morgan fingerprint density at radius 2 is 2.12 bits per heavy atom. The van der Waals surface area contributed by atoms with Crippen LogP contribution in [-0.4, -0.2) is 48.0 Å². The van der Waals surface area contributed by atoms with Gasteiger partial charge in [-0.15, -0.1) is 5.10 Å². The highest BCUT2D eigenvalue weighted by atomic mass is 35.5. The molecular formula is C21H21ClN6O4. The fraction of sp³-hybridized carbons (Fsp3) is 0.238. The number of aliphatic hydroxyl groups excluding tert-OH is 2. The number of anilines is 1. The molecule has 0 spiro atoms. The molecule has 0 radical (unpaired) electrons. The SMILES string of the molecule is C[C@H](NC(=O)c1c(N)nn2cccnc12)c1cc2cccc(Cl)c2c(=O)n1CC(O)CO. The van der Waals surface area contributed by atoms with Crippen LogP contribution < -0.4 is 16.6 Å². The Bertz CT molecular complexity index is 1380. The molecule has 0 saturated carbocycles. The number of carbonyl (C=O) groups is 1. The maximum absolute atomic E-state index is 13.2. The number of benzene rings is 1. The molecule has 32 heavy (non-hydrogen) atoms. The fourth-order valence-corrected chi connectivity index (χ4v) is 3.92. The Labute approximate surface area is 186 Å². The van der Waals surface area contributed by atoms with Crippen molar-refractivity contribution in [2.45, 2.75) is 25.6 Å². The van der Waals surface area contributed by atoms with Crippen LogP contribution >= 0.6 is 11.6 Å². The molecule has 3 aromatic heterocycles. The molecule has 166 valence electrons. The van der Waals surface area contributed by atoms with E-state index in [1.165, 1.54) is 15.3 Å². The molecule has 10 nitrogen and oxygen atoms in total. The zero-order valence-corrected chi connectivity index (χ0v) is 17.8. The van der Waals surface area contributed by atoms with Crippen LogP contribution in [0.25, 0.3) is 16.4 Å². The van der Waals surface area contributed by atoms with Gasteiger partial charge >= 0.3 is 0 Å². The Morgan fingerprint density at radius 3 is 2.88 bits per heavy atom. The first-order valence-corrected chi connectivity index (χ1v) is 10.2. The fourth-order valence-electron chi connectivity index (χ4n) is 3.66. The minimum Gasteiger partial charge on any atom is -0.394 e. The molecule has 0 saturated heterocycles. The third kappa shape index (κ3) is 3.79. The summed E-state index contributed by atoms with van der Waals surface area (Å²) in [5.41, 5.74) is 6.34. The second-order valence-corrected chi connectivity index (χ2v) is 7.78. The molecule has 0 aliphatic rings. The second kappa shape index (κ2) is 8.58. The topological polar surface area (TPSA) is 148 Å². The van der Waals surface area contributed by atoms with Crippen LogP contribution in [0.5, 0.6) is 0 Å². The van der Waals surface area contributed by atoms with Crippen LogP contribution in [0.4, 0.5) is 5.82 Å². The van der Waals surface area contributed by atoms with E-state index in [4.69, 9.17) is 17.3 Å². The van der Waals surface area contributed by atoms with Crippen molar-refractivity contribution in [3.05, 3.63) is 69.4 Å². The first kappa shape index (κ1) is 21.8. The summed E-state index contributed by atoms with van der Waals surface area (Å²) >= 11 is 6.24. The molecule has 4 rings (SSSR count). The van der Waals surface area contributed by atoms with Crippen molar-refractivity contribution in [2.75, 3.05) is 12.3 Å². The van der Waals surface area contributed by atoms with E-state index in [0.29, 0.717) is 16.7 Å². The molecular weight excluding hydrogens is 436 g/mol. The van der Waals surface area contributed by atoms with Gasteiger partial charge in [0.15, 0.2) is 11.5 Å². The molecule has 2 atom stereocenters. The smallest absolute Gasteiger partial charge is 0.260 e. The van der Waals surface area contributed by atoms with Crippen molar-refractivity contribution in [3.63, 3.8) is 0 Å². The van der Waals surface area contributed by atoms with Crippen LogP contribution in [-0.2, 0) is 6.54 Å². The maximum atomic E-state index is 13.2. The maximum Gasteiger partial charge on any atom is 0.260 e. The minimum atomic E-state index is -1.17. The number of nitrogen functional groups attached to an aromatic ring is 1. The van der Waals surface area contributed by atoms with Crippen molar-refractivity contribution in [2.24, 2.45) is 0 Å². The molecule has 4 aromatic rings. The molecule has 1 amide bonds. The van der Waals surface area contributed by atoms with E-state index >= 15 is 0 Å². The number of nitrogens with two attached hydrogens (primary N) is 1. The number of rotatable bonds is 6. The summed E-state index contributed by atoms with van der Waals surface area (Å²) in [5.74, 6) is -0.497. The molecule has 0 aliphatic heterocycles. The number of hydrogen-bond acceptors (Lipinski definition) is 7. The number of nitrogens with one attached hydrogen (secondary N) is 1. The number of amides is 1. The van der Waals surface area contributed by atoms with E-state index in [2.05, 4.69) is 15.4 Å². The van der Waals surface area contributed by atoms with Gasteiger partial charge in [0.2, 0.25) is 0 Å². The van der Waals surface area contributed by atoms with Gasteiger partial charge < -0.3 is 25.8 Å².